The van der Waals surface area contributed by atoms with Crippen molar-refractivity contribution < 1.29 is 9.47 Å². The van der Waals surface area contributed by atoms with Crippen LogP contribution in [0, 0.1) is 5.92 Å². The lowest BCUT2D eigenvalue weighted by molar-refractivity contribution is 0.0315. The summed E-state index contributed by atoms with van der Waals surface area (Å²) >= 11 is 0. The second-order valence-corrected chi connectivity index (χ2v) is 8.79. The Morgan fingerprint density at radius 2 is 2.03 bits per heavy atom. The van der Waals surface area contributed by atoms with Gasteiger partial charge in [-0.15, -0.1) is 24.0 Å². The molecule has 1 aliphatic carbocycles. The molecule has 1 aromatic rings. The van der Waals surface area contributed by atoms with Crippen molar-refractivity contribution in [3.05, 3.63) is 35.4 Å². The minimum absolute atomic E-state index is 0. The summed E-state index contributed by atoms with van der Waals surface area (Å²) in [4.78, 5) is 9.50. The van der Waals surface area contributed by atoms with Crippen LogP contribution < -0.4 is 5.32 Å². The maximum absolute atomic E-state index is 6.24. The fraction of sp³-hybridized carbons (Fsp3) is 0.708. The summed E-state index contributed by atoms with van der Waals surface area (Å²) in [5.74, 6) is 1.78. The van der Waals surface area contributed by atoms with E-state index in [4.69, 9.17) is 9.47 Å². The largest absolute Gasteiger partial charge is 0.379 e. The van der Waals surface area contributed by atoms with Gasteiger partial charge in [-0.2, -0.15) is 0 Å². The molecule has 2 aliphatic heterocycles. The number of rotatable bonds is 7. The lowest BCUT2D eigenvalue weighted by Gasteiger charge is -2.29. The average Bonchev–Trinajstić information content (AvgIpc) is 3.25. The van der Waals surface area contributed by atoms with Gasteiger partial charge in [0, 0.05) is 52.9 Å². The Hall–Kier alpha value is -0.900. The zero-order valence-electron chi connectivity index (χ0n) is 18.9. The molecule has 31 heavy (non-hydrogen) atoms. The molecular formula is C24H39IN4O2. The first-order valence-electron chi connectivity index (χ1n) is 11.8. The lowest BCUT2D eigenvalue weighted by atomic mass is 9.89. The second-order valence-electron chi connectivity index (χ2n) is 8.79. The molecule has 174 valence electrons. The van der Waals surface area contributed by atoms with Crippen LogP contribution in [0.5, 0.6) is 0 Å². The number of hydrogen-bond donors (Lipinski definition) is 1. The Labute approximate surface area is 204 Å². The van der Waals surface area contributed by atoms with Gasteiger partial charge in [-0.1, -0.05) is 24.3 Å². The summed E-state index contributed by atoms with van der Waals surface area (Å²) in [5, 5.41) is 3.55. The summed E-state index contributed by atoms with van der Waals surface area (Å²) in [6.07, 6.45) is 6.09. The quantitative estimate of drug-likeness (QED) is 0.248. The number of hydrogen-bond acceptors (Lipinski definition) is 4. The van der Waals surface area contributed by atoms with E-state index in [9.17, 15) is 0 Å². The van der Waals surface area contributed by atoms with E-state index < -0.39 is 0 Å². The number of benzene rings is 1. The summed E-state index contributed by atoms with van der Waals surface area (Å²) in [5.41, 5.74) is 2.86. The van der Waals surface area contributed by atoms with Crippen LogP contribution in [0.3, 0.4) is 0 Å². The van der Waals surface area contributed by atoms with Gasteiger partial charge in [-0.3, -0.25) is 9.89 Å². The van der Waals surface area contributed by atoms with Crippen LogP contribution in [0.4, 0.5) is 0 Å². The lowest BCUT2D eigenvalue weighted by Crippen LogP contribution is -2.42. The zero-order valence-corrected chi connectivity index (χ0v) is 21.3. The third-order valence-corrected chi connectivity index (χ3v) is 6.65. The molecule has 4 rings (SSSR count). The van der Waals surface area contributed by atoms with E-state index >= 15 is 0 Å². The number of likely N-dealkylation sites (tertiary alicyclic amines) is 1. The predicted molar refractivity (Wildman–Crippen MR) is 136 cm³/mol. The highest BCUT2D eigenvalue weighted by Gasteiger charge is 2.27. The summed E-state index contributed by atoms with van der Waals surface area (Å²) in [6, 6.07) is 8.76. The van der Waals surface area contributed by atoms with Crippen LogP contribution in [-0.4, -0.2) is 81.9 Å². The van der Waals surface area contributed by atoms with Gasteiger partial charge in [0.25, 0.3) is 0 Å². The number of halogens is 1. The number of ether oxygens (including phenoxy) is 2. The standard InChI is InChI=1S/C24H38N4O2.HI/c1-25-24(28-12-10-20(19-28)18-27-13-16-29-17-14-27)26-11-5-15-30-23-9-4-7-21-6-2-3-8-22(21)23;/h2-3,6,8,20,23H,4-5,7,9-19H2,1H3,(H,25,26);1H. The van der Waals surface area contributed by atoms with Crippen LogP contribution in [0.15, 0.2) is 29.3 Å². The van der Waals surface area contributed by atoms with Crippen molar-refractivity contribution >= 4 is 29.9 Å². The van der Waals surface area contributed by atoms with Crippen LogP contribution in [-0.2, 0) is 15.9 Å². The first-order valence-corrected chi connectivity index (χ1v) is 11.8. The van der Waals surface area contributed by atoms with Crippen LogP contribution in [0.25, 0.3) is 0 Å². The molecule has 6 nitrogen and oxygen atoms in total. The molecule has 3 aliphatic rings. The van der Waals surface area contributed by atoms with Gasteiger partial charge < -0.3 is 19.7 Å². The van der Waals surface area contributed by atoms with Crippen molar-refractivity contribution in [2.24, 2.45) is 10.9 Å². The van der Waals surface area contributed by atoms with E-state index in [0.717, 1.165) is 77.3 Å². The number of guanidine groups is 1. The number of fused-ring (bicyclic) bond motifs is 1. The van der Waals surface area contributed by atoms with Gasteiger partial charge in [-0.25, -0.2) is 0 Å². The van der Waals surface area contributed by atoms with Gasteiger partial charge in [0.15, 0.2) is 5.96 Å². The highest BCUT2D eigenvalue weighted by molar-refractivity contribution is 14.0. The maximum atomic E-state index is 6.24. The number of aliphatic imine (C=N–C) groups is 1. The molecule has 0 saturated carbocycles. The van der Waals surface area contributed by atoms with Crippen molar-refractivity contribution in [3.63, 3.8) is 0 Å². The van der Waals surface area contributed by atoms with E-state index in [2.05, 4.69) is 44.4 Å². The molecule has 0 aromatic heterocycles. The molecule has 2 saturated heterocycles. The second kappa shape index (κ2) is 13.0. The molecule has 7 heteroatoms. The Kier molecular flexibility index (Phi) is 10.3. The fourth-order valence-electron chi connectivity index (χ4n) is 5.04. The molecular weight excluding hydrogens is 503 g/mol. The van der Waals surface area contributed by atoms with Crippen molar-refractivity contribution in [3.8, 4) is 0 Å². The molecule has 2 fully saturated rings. The number of nitrogens with zero attached hydrogens (tertiary/aromatic N) is 3. The highest BCUT2D eigenvalue weighted by Crippen LogP contribution is 2.32. The molecule has 1 aromatic carbocycles. The average molecular weight is 543 g/mol. The molecule has 2 atom stereocenters. The molecule has 0 radical (unpaired) electrons. The van der Waals surface area contributed by atoms with E-state index in [1.54, 1.807) is 0 Å². The Morgan fingerprint density at radius 1 is 1.19 bits per heavy atom. The monoisotopic (exact) mass is 542 g/mol. The minimum atomic E-state index is 0. The first-order chi connectivity index (χ1) is 14.8. The number of morpholine rings is 1. The topological polar surface area (TPSA) is 49.3 Å². The Balaban J connectivity index is 0.00000272. The Morgan fingerprint density at radius 3 is 2.87 bits per heavy atom. The third-order valence-electron chi connectivity index (χ3n) is 6.65. The summed E-state index contributed by atoms with van der Waals surface area (Å²) in [7, 11) is 1.90. The number of nitrogens with one attached hydrogen (secondary N) is 1. The minimum Gasteiger partial charge on any atom is -0.379 e. The van der Waals surface area contributed by atoms with Gasteiger partial charge in [-0.05, 0) is 49.1 Å². The summed E-state index contributed by atoms with van der Waals surface area (Å²) < 4.78 is 11.7. The maximum Gasteiger partial charge on any atom is 0.193 e. The third kappa shape index (κ3) is 7.04. The SMILES string of the molecule is CN=C(NCCCOC1CCCc2ccccc21)N1CCC(CN2CCOCC2)C1.I. The Bertz CT molecular complexity index is 696. The van der Waals surface area contributed by atoms with E-state index in [1.165, 1.54) is 36.9 Å². The molecule has 1 N–H and O–H groups in total. The van der Waals surface area contributed by atoms with Crippen LogP contribution >= 0.6 is 24.0 Å². The van der Waals surface area contributed by atoms with Crippen LogP contribution in [0.2, 0.25) is 0 Å². The van der Waals surface area contributed by atoms with E-state index in [-0.39, 0.29) is 30.1 Å². The fourth-order valence-corrected chi connectivity index (χ4v) is 5.04. The van der Waals surface area contributed by atoms with Gasteiger partial charge in [0.05, 0.1) is 19.3 Å². The first kappa shape index (κ1) is 24.7. The van der Waals surface area contributed by atoms with Crippen molar-refractivity contribution in [1.82, 2.24) is 15.1 Å². The van der Waals surface area contributed by atoms with Crippen molar-refractivity contribution in [2.75, 3.05) is 66.1 Å². The smallest absolute Gasteiger partial charge is 0.193 e. The van der Waals surface area contributed by atoms with Crippen molar-refractivity contribution in [1.29, 1.82) is 0 Å². The normalized spacial score (nSPS) is 24.5. The predicted octanol–water partition coefficient (Wildman–Crippen LogP) is 3.32. The molecule has 2 heterocycles. The molecule has 2 unspecified atom stereocenters. The van der Waals surface area contributed by atoms with Crippen LogP contribution in [0.1, 0.15) is 42.9 Å². The van der Waals surface area contributed by atoms with E-state index in [0.29, 0.717) is 0 Å². The molecule has 0 bridgehead atoms. The molecule has 0 amide bonds. The zero-order chi connectivity index (χ0) is 20.6. The van der Waals surface area contributed by atoms with Gasteiger partial charge in [0.2, 0.25) is 0 Å². The molecule has 0 spiro atoms. The number of aryl methyl sites for hydroxylation is 1. The van der Waals surface area contributed by atoms with Gasteiger partial charge >= 0.3 is 0 Å². The summed E-state index contributed by atoms with van der Waals surface area (Å²) in [6.45, 7) is 9.02. The highest BCUT2D eigenvalue weighted by atomic mass is 127. The van der Waals surface area contributed by atoms with E-state index in [1.807, 2.05) is 7.05 Å². The van der Waals surface area contributed by atoms with Crippen molar-refractivity contribution in [2.45, 2.75) is 38.2 Å². The van der Waals surface area contributed by atoms with Gasteiger partial charge in [0.1, 0.15) is 0 Å².